The maximum atomic E-state index is 9.80. The molecule has 2 rings (SSSR count). The van der Waals surface area contributed by atoms with Crippen molar-refractivity contribution in [1.82, 2.24) is 4.98 Å². The maximum Gasteiger partial charge on any atom is 0.0957 e. The summed E-state index contributed by atoms with van der Waals surface area (Å²) in [5, 5.41) is 9.80. The number of pyridine rings is 1. The van der Waals surface area contributed by atoms with E-state index in [0.29, 0.717) is 6.42 Å². The molecule has 0 bridgehead atoms. The fraction of sp³-hybridized carbons (Fsp3) is 0.688. The molecule has 1 aromatic heterocycles. The van der Waals surface area contributed by atoms with Crippen LogP contribution in [0.2, 0.25) is 0 Å². The quantitative estimate of drug-likeness (QED) is 0.923. The lowest BCUT2D eigenvalue weighted by molar-refractivity contribution is -0.133. The zero-order chi connectivity index (χ0) is 15.0. The Labute approximate surface area is 121 Å². The van der Waals surface area contributed by atoms with Gasteiger partial charge in [-0.2, -0.15) is 0 Å². The van der Waals surface area contributed by atoms with E-state index in [1.807, 2.05) is 25.3 Å². The zero-order valence-electron chi connectivity index (χ0n) is 13.2. The van der Waals surface area contributed by atoms with Gasteiger partial charge in [0.15, 0.2) is 0 Å². The summed E-state index contributed by atoms with van der Waals surface area (Å²) in [6.45, 7) is 12.1. The van der Waals surface area contributed by atoms with E-state index in [1.54, 1.807) is 0 Å². The Morgan fingerprint density at radius 2 is 1.85 bits per heavy atom. The van der Waals surface area contributed by atoms with Crippen molar-refractivity contribution >= 4 is 5.69 Å². The van der Waals surface area contributed by atoms with E-state index in [0.717, 1.165) is 24.5 Å². The molecule has 1 unspecified atom stereocenters. The smallest absolute Gasteiger partial charge is 0.0957 e. The Kier molecular flexibility index (Phi) is 4.07. The van der Waals surface area contributed by atoms with Crippen LogP contribution >= 0.6 is 0 Å². The molecule has 1 atom stereocenters. The number of morpholine rings is 1. The van der Waals surface area contributed by atoms with Crippen LogP contribution in [0.1, 0.15) is 52.8 Å². The number of hydrogen-bond acceptors (Lipinski definition) is 4. The van der Waals surface area contributed by atoms with Crippen molar-refractivity contribution in [2.75, 3.05) is 18.0 Å². The van der Waals surface area contributed by atoms with Crippen molar-refractivity contribution < 1.29 is 9.84 Å². The number of rotatable bonds is 3. The van der Waals surface area contributed by atoms with Crippen LogP contribution in [0.3, 0.4) is 0 Å². The molecule has 1 fully saturated rings. The summed E-state index contributed by atoms with van der Waals surface area (Å²) in [6, 6.07) is 3.96. The minimum Gasteiger partial charge on any atom is -0.387 e. The van der Waals surface area contributed by atoms with Crippen molar-refractivity contribution in [1.29, 1.82) is 0 Å². The highest BCUT2D eigenvalue weighted by Crippen LogP contribution is 2.31. The van der Waals surface area contributed by atoms with Crippen molar-refractivity contribution in [3.63, 3.8) is 0 Å². The predicted octanol–water partition coefficient (Wildman–Crippen LogP) is 2.92. The van der Waals surface area contributed by atoms with E-state index in [2.05, 4.69) is 37.6 Å². The molecule has 4 nitrogen and oxygen atoms in total. The summed E-state index contributed by atoms with van der Waals surface area (Å²) in [5.41, 5.74) is 1.47. The molecule has 112 valence electrons. The molecule has 0 aromatic carbocycles. The number of aliphatic hydroxyl groups is 1. The van der Waals surface area contributed by atoms with Crippen LogP contribution in [0.4, 0.5) is 5.69 Å². The monoisotopic (exact) mass is 278 g/mol. The normalized spacial score (nSPS) is 22.6. The second-order valence-corrected chi connectivity index (χ2v) is 6.84. The molecule has 0 saturated carbocycles. The van der Waals surface area contributed by atoms with Crippen LogP contribution < -0.4 is 4.90 Å². The lowest BCUT2D eigenvalue weighted by Gasteiger charge is -2.48. The predicted molar refractivity (Wildman–Crippen MR) is 80.9 cm³/mol. The molecule has 2 heterocycles. The van der Waals surface area contributed by atoms with Gasteiger partial charge in [-0.05, 0) is 46.2 Å². The van der Waals surface area contributed by atoms with Crippen LogP contribution in [0, 0.1) is 0 Å². The molecule has 4 heteroatoms. The molecule has 1 N–H and O–H groups in total. The first-order valence-electron chi connectivity index (χ1n) is 7.31. The lowest BCUT2D eigenvalue weighted by atomic mass is 9.98. The van der Waals surface area contributed by atoms with Gasteiger partial charge in [0, 0.05) is 13.1 Å². The number of aromatic nitrogens is 1. The fourth-order valence-corrected chi connectivity index (χ4v) is 2.96. The molecular formula is C16H26N2O2. The highest BCUT2D eigenvalue weighted by molar-refractivity contribution is 5.46. The van der Waals surface area contributed by atoms with Crippen LogP contribution in [-0.2, 0) is 4.74 Å². The maximum absolute atomic E-state index is 9.80. The summed E-state index contributed by atoms with van der Waals surface area (Å²) in [7, 11) is 0. The van der Waals surface area contributed by atoms with Crippen molar-refractivity contribution in [2.45, 2.75) is 58.3 Å². The first kappa shape index (κ1) is 15.3. The Bertz CT molecular complexity index is 438. The summed E-state index contributed by atoms with van der Waals surface area (Å²) in [4.78, 5) is 6.69. The highest BCUT2D eigenvalue weighted by atomic mass is 16.5. The van der Waals surface area contributed by atoms with E-state index in [4.69, 9.17) is 4.74 Å². The molecule has 0 aliphatic carbocycles. The van der Waals surface area contributed by atoms with Gasteiger partial charge in [-0.1, -0.05) is 6.92 Å². The van der Waals surface area contributed by atoms with Gasteiger partial charge >= 0.3 is 0 Å². The molecule has 0 amide bonds. The third-order valence-corrected chi connectivity index (χ3v) is 3.56. The van der Waals surface area contributed by atoms with Gasteiger partial charge in [-0.25, -0.2) is 0 Å². The molecule has 1 aliphatic rings. The topological polar surface area (TPSA) is 45.6 Å². The SMILES string of the molecule is CCC(O)c1ccc(N2CC(C)(C)OC(C)(C)C2)cn1. The first-order valence-corrected chi connectivity index (χ1v) is 7.31. The van der Waals surface area contributed by atoms with Gasteiger partial charge in [-0.15, -0.1) is 0 Å². The van der Waals surface area contributed by atoms with E-state index in [-0.39, 0.29) is 11.2 Å². The van der Waals surface area contributed by atoms with E-state index in [9.17, 15) is 5.11 Å². The van der Waals surface area contributed by atoms with Gasteiger partial charge in [0.25, 0.3) is 0 Å². The van der Waals surface area contributed by atoms with E-state index in [1.165, 1.54) is 0 Å². The Balaban J connectivity index is 2.18. The average Bonchev–Trinajstić information content (AvgIpc) is 2.34. The second kappa shape index (κ2) is 5.34. The van der Waals surface area contributed by atoms with E-state index >= 15 is 0 Å². The average molecular weight is 278 g/mol. The molecule has 0 spiro atoms. The summed E-state index contributed by atoms with van der Waals surface area (Å²) >= 11 is 0. The van der Waals surface area contributed by atoms with Crippen LogP contribution in [0.5, 0.6) is 0 Å². The third-order valence-electron chi connectivity index (χ3n) is 3.56. The zero-order valence-corrected chi connectivity index (χ0v) is 13.2. The standard InChI is InChI=1S/C16H26N2O2/c1-6-14(19)13-8-7-12(9-17-13)18-10-15(2,3)20-16(4,5)11-18/h7-9,14,19H,6,10-11H2,1-5H3. The largest absolute Gasteiger partial charge is 0.387 e. The van der Waals surface area contributed by atoms with Crippen molar-refractivity contribution in [3.8, 4) is 0 Å². The lowest BCUT2D eigenvalue weighted by Crippen LogP contribution is -2.57. The number of nitrogens with zero attached hydrogens (tertiary/aromatic N) is 2. The summed E-state index contributed by atoms with van der Waals surface area (Å²) in [5.74, 6) is 0. The number of anilines is 1. The van der Waals surface area contributed by atoms with E-state index < -0.39 is 6.10 Å². The number of aliphatic hydroxyl groups excluding tert-OH is 1. The van der Waals surface area contributed by atoms with Crippen LogP contribution in [0.15, 0.2) is 18.3 Å². The number of hydrogen-bond donors (Lipinski definition) is 1. The van der Waals surface area contributed by atoms with Gasteiger partial charge in [-0.3, -0.25) is 4.98 Å². The third kappa shape index (κ3) is 3.49. The van der Waals surface area contributed by atoms with Gasteiger partial charge in [0.05, 0.1) is 34.9 Å². The van der Waals surface area contributed by atoms with Gasteiger partial charge in [0.1, 0.15) is 0 Å². The molecule has 1 aromatic rings. The second-order valence-electron chi connectivity index (χ2n) is 6.84. The van der Waals surface area contributed by atoms with Gasteiger partial charge in [0.2, 0.25) is 0 Å². The summed E-state index contributed by atoms with van der Waals surface area (Å²) in [6.07, 6.45) is 2.07. The summed E-state index contributed by atoms with van der Waals surface area (Å²) < 4.78 is 6.09. The van der Waals surface area contributed by atoms with Crippen LogP contribution in [-0.4, -0.2) is 34.4 Å². The minimum atomic E-state index is -0.471. The first-order chi connectivity index (χ1) is 9.22. The highest BCUT2D eigenvalue weighted by Gasteiger charge is 2.38. The van der Waals surface area contributed by atoms with Crippen molar-refractivity contribution in [3.05, 3.63) is 24.0 Å². The molecule has 20 heavy (non-hydrogen) atoms. The number of ether oxygens (including phenoxy) is 1. The molecular weight excluding hydrogens is 252 g/mol. The Morgan fingerprint density at radius 3 is 2.30 bits per heavy atom. The Hall–Kier alpha value is -1.13. The molecule has 1 aliphatic heterocycles. The fourth-order valence-electron chi connectivity index (χ4n) is 2.96. The minimum absolute atomic E-state index is 0.177. The molecule has 0 radical (unpaired) electrons. The van der Waals surface area contributed by atoms with Crippen LogP contribution in [0.25, 0.3) is 0 Å². The van der Waals surface area contributed by atoms with Gasteiger partial charge < -0.3 is 14.7 Å². The Morgan fingerprint density at radius 1 is 1.25 bits per heavy atom. The van der Waals surface area contributed by atoms with Crippen molar-refractivity contribution in [2.24, 2.45) is 0 Å². The molecule has 1 saturated heterocycles.